The Bertz CT molecular complexity index is 893. The third kappa shape index (κ3) is 7.32. The summed E-state index contributed by atoms with van der Waals surface area (Å²) in [5, 5.41) is 2.49. The molecule has 31 heavy (non-hydrogen) atoms. The average molecular weight is 457 g/mol. The van der Waals surface area contributed by atoms with E-state index < -0.39 is 40.5 Å². The standard InChI is InChI=1S/C21H32N2O7S/c1-7-23(8-2)31(27,28)16-10-9-15(5)17(12-16)20(25)30-13-19(24)22-18(11-14(3)4)21(26)29-6/h9-10,12,14,18H,7-8,11,13H2,1-6H3,(H,22,24). The van der Waals surface area contributed by atoms with Gasteiger partial charge in [-0.3, -0.25) is 4.79 Å². The zero-order chi connectivity index (χ0) is 23.8. The predicted octanol–water partition coefficient (Wildman–Crippen LogP) is 1.89. The van der Waals surface area contributed by atoms with Gasteiger partial charge < -0.3 is 14.8 Å². The third-order valence-corrected chi connectivity index (χ3v) is 6.68. The van der Waals surface area contributed by atoms with Crippen LogP contribution >= 0.6 is 0 Å². The number of esters is 2. The van der Waals surface area contributed by atoms with Gasteiger partial charge in [0.2, 0.25) is 10.0 Å². The summed E-state index contributed by atoms with van der Waals surface area (Å²) < 4.78 is 36.5. The van der Waals surface area contributed by atoms with Crippen LogP contribution in [0.25, 0.3) is 0 Å². The minimum Gasteiger partial charge on any atom is -0.467 e. The summed E-state index contributed by atoms with van der Waals surface area (Å²) in [6.45, 7) is 8.86. The van der Waals surface area contributed by atoms with E-state index in [1.807, 2.05) is 13.8 Å². The lowest BCUT2D eigenvalue weighted by Crippen LogP contribution is -2.44. The van der Waals surface area contributed by atoms with E-state index in [0.29, 0.717) is 25.1 Å². The largest absolute Gasteiger partial charge is 0.467 e. The number of rotatable bonds is 11. The van der Waals surface area contributed by atoms with E-state index >= 15 is 0 Å². The Hall–Kier alpha value is -2.46. The highest BCUT2D eigenvalue weighted by atomic mass is 32.2. The molecular formula is C21H32N2O7S. The number of methoxy groups -OCH3 is 1. The van der Waals surface area contributed by atoms with Crippen LogP contribution in [0.15, 0.2) is 23.1 Å². The van der Waals surface area contributed by atoms with Crippen molar-refractivity contribution in [1.29, 1.82) is 0 Å². The van der Waals surface area contributed by atoms with Gasteiger partial charge in [-0.25, -0.2) is 18.0 Å². The van der Waals surface area contributed by atoms with E-state index in [1.54, 1.807) is 20.8 Å². The molecular weight excluding hydrogens is 424 g/mol. The molecule has 0 aliphatic heterocycles. The number of carbonyl (C=O) groups is 3. The number of hydrogen-bond donors (Lipinski definition) is 1. The van der Waals surface area contributed by atoms with Crippen molar-refractivity contribution in [2.75, 3.05) is 26.8 Å². The first-order valence-electron chi connectivity index (χ1n) is 10.1. The molecule has 1 aromatic carbocycles. The number of nitrogens with one attached hydrogen (secondary N) is 1. The smallest absolute Gasteiger partial charge is 0.338 e. The quantitative estimate of drug-likeness (QED) is 0.505. The number of hydrogen-bond acceptors (Lipinski definition) is 7. The lowest BCUT2D eigenvalue weighted by Gasteiger charge is -2.19. The van der Waals surface area contributed by atoms with Gasteiger partial charge in [-0.1, -0.05) is 33.8 Å². The van der Waals surface area contributed by atoms with Crippen LogP contribution < -0.4 is 5.32 Å². The number of nitrogens with zero attached hydrogens (tertiary/aromatic N) is 1. The number of carbonyl (C=O) groups excluding carboxylic acids is 3. The molecule has 0 aliphatic rings. The minimum absolute atomic E-state index is 0.0270. The normalized spacial score (nSPS) is 12.5. The van der Waals surface area contributed by atoms with Crippen LogP contribution in [0.3, 0.4) is 0 Å². The number of sulfonamides is 1. The second kappa shape index (κ2) is 11.8. The maximum absolute atomic E-state index is 12.7. The highest BCUT2D eigenvalue weighted by Gasteiger charge is 2.25. The topological polar surface area (TPSA) is 119 Å². The molecule has 1 unspecified atom stereocenters. The Morgan fingerprint density at radius 2 is 1.74 bits per heavy atom. The fraction of sp³-hybridized carbons (Fsp3) is 0.571. The van der Waals surface area contributed by atoms with Gasteiger partial charge in [-0.05, 0) is 37.0 Å². The summed E-state index contributed by atoms with van der Waals surface area (Å²) in [4.78, 5) is 36.5. The first-order valence-corrected chi connectivity index (χ1v) is 11.6. The molecule has 174 valence electrons. The van der Waals surface area contributed by atoms with Crippen LogP contribution in [0.2, 0.25) is 0 Å². The second-order valence-electron chi connectivity index (χ2n) is 7.41. The molecule has 1 amide bonds. The number of amides is 1. The van der Waals surface area contributed by atoms with Gasteiger partial charge in [0.05, 0.1) is 17.6 Å². The maximum Gasteiger partial charge on any atom is 0.338 e. The Balaban J connectivity index is 2.92. The SMILES string of the molecule is CCN(CC)S(=O)(=O)c1ccc(C)c(C(=O)OCC(=O)NC(CC(C)C)C(=O)OC)c1. The van der Waals surface area contributed by atoms with Crippen LogP contribution in [0.1, 0.15) is 50.0 Å². The monoisotopic (exact) mass is 456 g/mol. The lowest BCUT2D eigenvalue weighted by atomic mass is 10.0. The molecule has 0 fully saturated rings. The van der Waals surface area contributed by atoms with E-state index in [9.17, 15) is 22.8 Å². The van der Waals surface area contributed by atoms with Gasteiger partial charge in [0.15, 0.2) is 6.61 Å². The molecule has 10 heteroatoms. The Morgan fingerprint density at radius 3 is 2.26 bits per heavy atom. The highest BCUT2D eigenvalue weighted by molar-refractivity contribution is 7.89. The molecule has 1 aromatic rings. The van der Waals surface area contributed by atoms with Crippen molar-refractivity contribution in [3.05, 3.63) is 29.3 Å². The third-order valence-electron chi connectivity index (χ3n) is 4.63. The second-order valence-corrected chi connectivity index (χ2v) is 9.35. The number of ether oxygens (including phenoxy) is 2. The van der Waals surface area contributed by atoms with E-state index in [1.165, 1.54) is 29.6 Å². The van der Waals surface area contributed by atoms with Gasteiger partial charge >= 0.3 is 11.9 Å². The maximum atomic E-state index is 12.7. The lowest BCUT2D eigenvalue weighted by molar-refractivity contribution is -0.145. The van der Waals surface area contributed by atoms with Crippen molar-refractivity contribution in [2.24, 2.45) is 5.92 Å². The first kappa shape index (κ1) is 26.6. The molecule has 0 saturated carbocycles. The average Bonchev–Trinajstić information content (AvgIpc) is 2.71. The molecule has 0 heterocycles. The Labute approximate surface area is 184 Å². The molecule has 0 spiro atoms. The molecule has 1 atom stereocenters. The molecule has 1 N–H and O–H groups in total. The van der Waals surface area contributed by atoms with E-state index in [2.05, 4.69) is 10.1 Å². The minimum atomic E-state index is -3.75. The van der Waals surface area contributed by atoms with Crippen LogP contribution in [0, 0.1) is 12.8 Å². The van der Waals surface area contributed by atoms with Crippen molar-refractivity contribution in [1.82, 2.24) is 9.62 Å². The number of aryl methyl sites for hydroxylation is 1. The van der Waals surface area contributed by atoms with Crippen LogP contribution in [-0.2, 0) is 29.1 Å². The molecule has 0 aromatic heterocycles. The van der Waals surface area contributed by atoms with Gasteiger partial charge in [0, 0.05) is 13.1 Å². The summed E-state index contributed by atoms with van der Waals surface area (Å²) >= 11 is 0. The molecule has 9 nitrogen and oxygen atoms in total. The zero-order valence-electron chi connectivity index (χ0n) is 18.9. The summed E-state index contributed by atoms with van der Waals surface area (Å²) in [6, 6.07) is 3.35. The van der Waals surface area contributed by atoms with Crippen LogP contribution in [0.5, 0.6) is 0 Å². The van der Waals surface area contributed by atoms with E-state index in [-0.39, 0.29) is 16.4 Å². The predicted molar refractivity (Wildman–Crippen MR) is 115 cm³/mol. The number of benzene rings is 1. The highest BCUT2D eigenvalue weighted by Crippen LogP contribution is 2.20. The fourth-order valence-electron chi connectivity index (χ4n) is 2.97. The Kier molecular flexibility index (Phi) is 10.1. The van der Waals surface area contributed by atoms with Gasteiger partial charge in [-0.2, -0.15) is 4.31 Å². The molecule has 0 saturated heterocycles. The van der Waals surface area contributed by atoms with Crippen LogP contribution in [0.4, 0.5) is 0 Å². The summed E-state index contributed by atoms with van der Waals surface area (Å²) in [5.41, 5.74) is 0.559. The van der Waals surface area contributed by atoms with Crippen molar-refractivity contribution >= 4 is 27.9 Å². The molecule has 0 aliphatic carbocycles. The van der Waals surface area contributed by atoms with E-state index in [4.69, 9.17) is 4.74 Å². The van der Waals surface area contributed by atoms with Gasteiger partial charge in [0.1, 0.15) is 6.04 Å². The van der Waals surface area contributed by atoms with Crippen molar-refractivity contribution in [3.8, 4) is 0 Å². The molecule has 0 bridgehead atoms. The Morgan fingerprint density at radius 1 is 1.13 bits per heavy atom. The van der Waals surface area contributed by atoms with Gasteiger partial charge in [-0.15, -0.1) is 0 Å². The first-order chi connectivity index (χ1) is 14.5. The van der Waals surface area contributed by atoms with Crippen LogP contribution in [-0.4, -0.2) is 63.4 Å². The molecule has 1 rings (SSSR count). The fourth-order valence-corrected chi connectivity index (χ4v) is 4.45. The molecule has 0 radical (unpaired) electrons. The van der Waals surface area contributed by atoms with E-state index in [0.717, 1.165) is 0 Å². The van der Waals surface area contributed by atoms with Crippen molar-refractivity contribution < 1.29 is 32.3 Å². The van der Waals surface area contributed by atoms with Crippen molar-refractivity contribution in [3.63, 3.8) is 0 Å². The summed E-state index contributed by atoms with van der Waals surface area (Å²) in [5.74, 6) is -1.94. The summed E-state index contributed by atoms with van der Waals surface area (Å²) in [6.07, 6.45) is 0.372. The van der Waals surface area contributed by atoms with Crippen molar-refractivity contribution in [2.45, 2.75) is 52.0 Å². The summed E-state index contributed by atoms with van der Waals surface area (Å²) in [7, 11) is -2.52. The zero-order valence-corrected chi connectivity index (χ0v) is 19.7. The van der Waals surface area contributed by atoms with Gasteiger partial charge in [0.25, 0.3) is 5.91 Å².